The van der Waals surface area contributed by atoms with Gasteiger partial charge in [-0.25, -0.2) is 4.98 Å². The molecule has 12 heteroatoms. The zero-order valence-electron chi connectivity index (χ0n) is 17.5. The Morgan fingerprint density at radius 2 is 1.88 bits per heavy atom. The lowest BCUT2D eigenvalue weighted by atomic mass is 10.2. The Bertz CT molecular complexity index is 1310. The van der Waals surface area contributed by atoms with Gasteiger partial charge in [-0.3, -0.25) is 14.3 Å². The maximum absolute atomic E-state index is 13.0. The van der Waals surface area contributed by atoms with Crippen molar-refractivity contribution in [2.24, 2.45) is 0 Å². The summed E-state index contributed by atoms with van der Waals surface area (Å²) >= 11 is 7.04. The quantitative estimate of drug-likeness (QED) is 0.352. The maximum atomic E-state index is 13.0. The van der Waals surface area contributed by atoms with Crippen molar-refractivity contribution in [1.29, 1.82) is 0 Å². The zero-order valence-corrected chi connectivity index (χ0v) is 19.1. The van der Waals surface area contributed by atoms with Crippen molar-refractivity contribution >= 4 is 35.0 Å². The fraction of sp³-hybridized carbons (Fsp3) is 0.136. The van der Waals surface area contributed by atoms with Gasteiger partial charge in [-0.15, -0.1) is 10.2 Å². The third kappa shape index (κ3) is 5.37. The van der Waals surface area contributed by atoms with Crippen molar-refractivity contribution in [3.63, 3.8) is 0 Å². The highest BCUT2D eigenvalue weighted by Crippen LogP contribution is 2.34. The van der Waals surface area contributed by atoms with Crippen LogP contribution in [0.2, 0.25) is 5.02 Å². The van der Waals surface area contributed by atoms with E-state index in [1.807, 2.05) is 31.2 Å². The van der Waals surface area contributed by atoms with E-state index in [9.17, 15) is 18.0 Å². The zero-order chi connectivity index (χ0) is 24.3. The van der Waals surface area contributed by atoms with Crippen LogP contribution in [0.3, 0.4) is 0 Å². The number of nitrogens with one attached hydrogen (secondary N) is 1. The second-order valence-electron chi connectivity index (χ2n) is 7.10. The van der Waals surface area contributed by atoms with E-state index in [0.29, 0.717) is 16.7 Å². The summed E-state index contributed by atoms with van der Waals surface area (Å²) in [7, 11) is 0. The van der Waals surface area contributed by atoms with Crippen molar-refractivity contribution in [3.05, 3.63) is 77.2 Å². The molecule has 0 aliphatic heterocycles. The first-order valence-electron chi connectivity index (χ1n) is 9.80. The summed E-state index contributed by atoms with van der Waals surface area (Å²) in [6, 6.07) is 10.3. The number of halogens is 4. The fourth-order valence-electron chi connectivity index (χ4n) is 2.98. The summed E-state index contributed by atoms with van der Waals surface area (Å²) < 4.78 is 40.7. The molecule has 1 amide bonds. The van der Waals surface area contributed by atoms with E-state index in [1.54, 1.807) is 10.8 Å². The van der Waals surface area contributed by atoms with Gasteiger partial charge in [-0.1, -0.05) is 41.1 Å². The normalized spacial score (nSPS) is 11.4. The number of rotatable bonds is 6. The van der Waals surface area contributed by atoms with Crippen molar-refractivity contribution in [3.8, 4) is 17.2 Å². The van der Waals surface area contributed by atoms with Crippen LogP contribution >= 0.6 is 23.4 Å². The van der Waals surface area contributed by atoms with E-state index in [1.165, 1.54) is 12.4 Å². The number of thioether (sulfide) groups is 1. The molecular formula is C22H16ClF3N6OS. The molecule has 0 spiro atoms. The van der Waals surface area contributed by atoms with E-state index < -0.39 is 17.6 Å². The molecule has 2 heterocycles. The summed E-state index contributed by atoms with van der Waals surface area (Å²) in [5, 5.41) is 11.2. The molecule has 0 bridgehead atoms. The van der Waals surface area contributed by atoms with Gasteiger partial charge >= 0.3 is 6.18 Å². The van der Waals surface area contributed by atoms with Crippen LogP contribution in [-0.4, -0.2) is 36.4 Å². The lowest BCUT2D eigenvalue weighted by Crippen LogP contribution is -2.16. The summed E-state index contributed by atoms with van der Waals surface area (Å²) in [5.74, 6) is -0.261. The number of carbonyl (C=O) groups excluding carboxylic acids is 1. The average Bonchev–Trinajstić information content (AvgIpc) is 3.23. The lowest BCUT2D eigenvalue weighted by Gasteiger charge is -2.12. The molecule has 2 aromatic carbocycles. The number of hydrogen-bond acceptors (Lipinski definition) is 6. The summed E-state index contributed by atoms with van der Waals surface area (Å²) in [5.41, 5.74) is 1.27. The van der Waals surface area contributed by atoms with Crippen molar-refractivity contribution < 1.29 is 18.0 Å². The number of carbonyl (C=O) groups is 1. The van der Waals surface area contributed by atoms with Crippen LogP contribution in [0.5, 0.6) is 0 Å². The number of benzene rings is 2. The Hall–Kier alpha value is -3.44. The largest absolute Gasteiger partial charge is 0.416 e. The number of hydrogen-bond donors (Lipinski definition) is 1. The van der Waals surface area contributed by atoms with Gasteiger partial charge in [0.1, 0.15) is 5.69 Å². The van der Waals surface area contributed by atoms with Gasteiger partial charge in [0, 0.05) is 18.1 Å². The Morgan fingerprint density at radius 1 is 1.12 bits per heavy atom. The van der Waals surface area contributed by atoms with Gasteiger partial charge in [-0.2, -0.15) is 13.2 Å². The molecule has 0 saturated heterocycles. The first-order valence-corrected chi connectivity index (χ1v) is 11.2. The third-order valence-corrected chi connectivity index (χ3v) is 5.88. The van der Waals surface area contributed by atoms with Gasteiger partial charge in [0.25, 0.3) is 0 Å². The Kier molecular flexibility index (Phi) is 6.85. The van der Waals surface area contributed by atoms with Crippen molar-refractivity contribution in [2.75, 3.05) is 11.1 Å². The number of alkyl halides is 3. The molecule has 0 fully saturated rings. The number of aryl methyl sites for hydroxylation is 1. The van der Waals surface area contributed by atoms with Gasteiger partial charge in [-0.05, 0) is 37.3 Å². The molecule has 0 atom stereocenters. The van der Waals surface area contributed by atoms with Gasteiger partial charge in [0.15, 0.2) is 11.0 Å². The third-order valence-electron chi connectivity index (χ3n) is 4.62. The summed E-state index contributed by atoms with van der Waals surface area (Å²) in [6.07, 6.45) is 0.0586. The molecule has 2 aromatic heterocycles. The van der Waals surface area contributed by atoms with E-state index in [-0.39, 0.29) is 16.5 Å². The highest BCUT2D eigenvalue weighted by molar-refractivity contribution is 7.99. The highest BCUT2D eigenvalue weighted by atomic mass is 35.5. The van der Waals surface area contributed by atoms with Crippen LogP contribution < -0.4 is 5.32 Å². The van der Waals surface area contributed by atoms with E-state index in [2.05, 4.69) is 25.5 Å². The lowest BCUT2D eigenvalue weighted by molar-refractivity contribution is -0.137. The standard InChI is InChI=1S/C22H16ClF3N6OS/c1-13-2-5-15(6-3-13)32-20(18-11-27-8-9-28-18)30-31-21(32)34-12-19(33)29-17-10-14(22(24,25)26)4-7-16(17)23/h2-11H,12H2,1H3,(H,29,33). The molecule has 0 radical (unpaired) electrons. The van der Waals surface area contributed by atoms with Crippen LogP contribution in [0.15, 0.2) is 66.2 Å². The average molecular weight is 505 g/mol. The molecule has 174 valence electrons. The molecule has 0 aliphatic carbocycles. The second-order valence-corrected chi connectivity index (χ2v) is 8.45. The van der Waals surface area contributed by atoms with Crippen LogP contribution in [0.1, 0.15) is 11.1 Å². The molecule has 4 rings (SSSR count). The fourth-order valence-corrected chi connectivity index (χ4v) is 3.90. The first kappa shape index (κ1) is 23.7. The minimum atomic E-state index is -4.56. The van der Waals surface area contributed by atoms with Crippen molar-refractivity contribution in [1.82, 2.24) is 24.7 Å². The Morgan fingerprint density at radius 3 is 2.56 bits per heavy atom. The van der Waals surface area contributed by atoms with Crippen LogP contribution in [0.25, 0.3) is 17.2 Å². The van der Waals surface area contributed by atoms with Gasteiger partial charge in [0.05, 0.1) is 28.2 Å². The first-order chi connectivity index (χ1) is 16.2. The highest BCUT2D eigenvalue weighted by Gasteiger charge is 2.31. The van der Waals surface area contributed by atoms with E-state index in [0.717, 1.165) is 41.2 Å². The molecule has 0 aliphatic rings. The molecule has 0 saturated carbocycles. The minimum absolute atomic E-state index is 0.000824. The summed E-state index contributed by atoms with van der Waals surface area (Å²) in [6.45, 7) is 1.96. The Labute approximate surface area is 201 Å². The molecule has 4 aromatic rings. The van der Waals surface area contributed by atoms with Gasteiger partial charge in [0.2, 0.25) is 5.91 Å². The van der Waals surface area contributed by atoms with Crippen molar-refractivity contribution in [2.45, 2.75) is 18.3 Å². The van der Waals surface area contributed by atoms with Crippen LogP contribution in [0.4, 0.5) is 18.9 Å². The van der Waals surface area contributed by atoms with E-state index in [4.69, 9.17) is 11.6 Å². The molecular weight excluding hydrogens is 489 g/mol. The summed E-state index contributed by atoms with van der Waals surface area (Å²) in [4.78, 5) is 20.9. The molecule has 7 nitrogen and oxygen atoms in total. The maximum Gasteiger partial charge on any atom is 0.416 e. The number of aromatic nitrogens is 5. The predicted octanol–water partition coefficient (Wildman–Crippen LogP) is 5.44. The van der Waals surface area contributed by atoms with E-state index >= 15 is 0 Å². The second kappa shape index (κ2) is 9.82. The van der Waals surface area contributed by atoms with Gasteiger partial charge < -0.3 is 5.32 Å². The molecule has 1 N–H and O–H groups in total. The van der Waals surface area contributed by atoms with Crippen LogP contribution in [-0.2, 0) is 11.0 Å². The number of anilines is 1. The number of nitrogens with zero attached hydrogens (tertiary/aromatic N) is 5. The monoisotopic (exact) mass is 504 g/mol. The Balaban J connectivity index is 1.57. The number of amides is 1. The molecule has 0 unspecified atom stereocenters. The molecule has 34 heavy (non-hydrogen) atoms. The SMILES string of the molecule is Cc1ccc(-n2c(SCC(=O)Nc3cc(C(F)(F)F)ccc3Cl)nnc2-c2cnccn2)cc1. The minimum Gasteiger partial charge on any atom is -0.324 e. The van der Waals surface area contributed by atoms with Crippen LogP contribution in [0, 0.1) is 6.92 Å². The smallest absolute Gasteiger partial charge is 0.324 e. The topological polar surface area (TPSA) is 85.6 Å². The predicted molar refractivity (Wildman–Crippen MR) is 123 cm³/mol.